The molecule has 2 saturated heterocycles. The Kier molecular flexibility index (Phi) is 6.30. The number of nitrogens with one attached hydrogen (secondary N) is 1. The number of piperazine rings is 1. The molecule has 6 heteroatoms. The first-order valence-electron chi connectivity index (χ1n) is 10.8. The minimum atomic E-state index is -0.150. The number of pyridine rings is 1. The fraction of sp³-hybridized carbons (Fsp3) is 0.478. The van der Waals surface area contributed by atoms with Crippen molar-refractivity contribution < 1.29 is 4.79 Å². The van der Waals surface area contributed by atoms with Crippen LogP contribution in [0, 0.1) is 0 Å². The second kappa shape index (κ2) is 9.27. The van der Waals surface area contributed by atoms with Crippen molar-refractivity contribution in [2.75, 3.05) is 54.4 Å². The summed E-state index contributed by atoms with van der Waals surface area (Å²) in [6.07, 6.45) is 5.69. The summed E-state index contributed by atoms with van der Waals surface area (Å²) in [4.78, 5) is 24.1. The van der Waals surface area contributed by atoms with E-state index in [1.54, 1.807) is 0 Å². The standard InChI is InChI=1S/C23H31N5O/c1-19(26-15-17-28(18-16-26)22-7-3-4-12-24-22)23(29)25-20-8-10-21(11-9-20)27-13-5-2-6-14-27/h3-4,7-12,19H,2,5-6,13-18H2,1H3,(H,25,29)/t19-/m1/s1. The zero-order valence-corrected chi connectivity index (χ0v) is 17.3. The smallest absolute Gasteiger partial charge is 0.241 e. The molecular weight excluding hydrogens is 362 g/mol. The molecule has 3 heterocycles. The predicted octanol–water partition coefficient (Wildman–Crippen LogP) is 3.22. The maximum absolute atomic E-state index is 12.8. The molecule has 0 bridgehead atoms. The second-order valence-electron chi connectivity index (χ2n) is 7.97. The third-order valence-electron chi connectivity index (χ3n) is 6.07. The molecule has 2 fully saturated rings. The van der Waals surface area contributed by atoms with Crippen molar-refractivity contribution in [3.05, 3.63) is 48.7 Å². The highest BCUT2D eigenvalue weighted by molar-refractivity contribution is 5.94. The topological polar surface area (TPSA) is 51.7 Å². The maximum atomic E-state index is 12.8. The van der Waals surface area contributed by atoms with E-state index in [-0.39, 0.29) is 11.9 Å². The number of nitrogens with zero attached hydrogens (tertiary/aromatic N) is 4. The number of anilines is 3. The van der Waals surface area contributed by atoms with Gasteiger partial charge in [0.15, 0.2) is 0 Å². The Morgan fingerprint density at radius 2 is 1.62 bits per heavy atom. The number of hydrogen-bond acceptors (Lipinski definition) is 5. The molecule has 1 aromatic heterocycles. The Hall–Kier alpha value is -2.60. The minimum absolute atomic E-state index is 0.0574. The van der Waals surface area contributed by atoms with Crippen LogP contribution in [0.15, 0.2) is 48.7 Å². The number of carbonyl (C=O) groups excluding carboxylic acids is 1. The first kappa shape index (κ1) is 19.7. The lowest BCUT2D eigenvalue weighted by Gasteiger charge is -2.38. The lowest BCUT2D eigenvalue weighted by molar-refractivity contribution is -0.120. The SMILES string of the molecule is C[C@H](C(=O)Nc1ccc(N2CCCCC2)cc1)N1CCN(c2ccccn2)CC1. The van der Waals surface area contributed by atoms with E-state index in [0.29, 0.717) is 0 Å². The Morgan fingerprint density at radius 3 is 2.28 bits per heavy atom. The van der Waals surface area contributed by atoms with Crippen LogP contribution in [-0.2, 0) is 4.79 Å². The molecular formula is C23H31N5O. The summed E-state index contributed by atoms with van der Waals surface area (Å²) in [6, 6.07) is 14.1. The molecule has 154 valence electrons. The van der Waals surface area contributed by atoms with Gasteiger partial charge in [0.2, 0.25) is 5.91 Å². The molecule has 1 aromatic carbocycles. The first-order valence-corrected chi connectivity index (χ1v) is 10.8. The summed E-state index contributed by atoms with van der Waals surface area (Å²) in [5, 5.41) is 3.09. The quantitative estimate of drug-likeness (QED) is 0.845. The zero-order chi connectivity index (χ0) is 20.1. The van der Waals surface area contributed by atoms with E-state index in [1.807, 2.05) is 43.5 Å². The van der Waals surface area contributed by atoms with Crippen LogP contribution >= 0.6 is 0 Å². The van der Waals surface area contributed by atoms with Crippen molar-refractivity contribution in [2.45, 2.75) is 32.2 Å². The van der Waals surface area contributed by atoms with Gasteiger partial charge < -0.3 is 15.1 Å². The van der Waals surface area contributed by atoms with Crippen molar-refractivity contribution in [1.82, 2.24) is 9.88 Å². The summed E-state index contributed by atoms with van der Waals surface area (Å²) >= 11 is 0. The number of benzene rings is 1. The van der Waals surface area contributed by atoms with Crippen LogP contribution < -0.4 is 15.1 Å². The number of hydrogen-bond donors (Lipinski definition) is 1. The summed E-state index contributed by atoms with van der Waals surface area (Å²) in [7, 11) is 0. The first-order chi connectivity index (χ1) is 14.2. The fourth-order valence-corrected chi connectivity index (χ4v) is 4.20. The van der Waals surface area contributed by atoms with Gasteiger partial charge in [-0.3, -0.25) is 9.69 Å². The van der Waals surface area contributed by atoms with E-state index in [0.717, 1.165) is 50.8 Å². The van der Waals surface area contributed by atoms with Gasteiger partial charge >= 0.3 is 0 Å². The summed E-state index contributed by atoms with van der Waals surface area (Å²) in [5.41, 5.74) is 2.12. The van der Waals surface area contributed by atoms with E-state index in [9.17, 15) is 4.79 Å². The zero-order valence-electron chi connectivity index (χ0n) is 17.3. The van der Waals surface area contributed by atoms with Crippen molar-refractivity contribution in [2.24, 2.45) is 0 Å². The van der Waals surface area contributed by atoms with Crippen LogP contribution in [0.4, 0.5) is 17.2 Å². The van der Waals surface area contributed by atoms with Crippen molar-refractivity contribution >= 4 is 23.1 Å². The van der Waals surface area contributed by atoms with E-state index in [4.69, 9.17) is 0 Å². The number of rotatable bonds is 5. The Bertz CT molecular complexity index is 781. The van der Waals surface area contributed by atoms with Gasteiger partial charge in [-0.1, -0.05) is 6.07 Å². The highest BCUT2D eigenvalue weighted by atomic mass is 16.2. The summed E-state index contributed by atoms with van der Waals surface area (Å²) in [5.74, 6) is 1.07. The van der Waals surface area contributed by atoms with E-state index in [1.165, 1.54) is 24.9 Å². The van der Waals surface area contributed by atoms with Gasteiger partial charge in [0.1, 0.15) is 5.82 Å². The lowest BCUT2D eigenvalue weighted by atomic mass is 10.1. The minimum Gasteiger partial charge on any atom is -0.372 e. The maximum Gasteiger partial charge on any atom is 0.241 e. The van der Waals surface area contributed by atoms with Crippen LogP contribution in [0.25, 0.3) is 0 Å². The van der Waals surface area contributed by atoms with E-state index < -0.39 is 0 Å². The third kappa shape index (κ3) is 4.88. The third-order valence-corrected chi connectivity index (χ3v) is 6.07. The molecule has 2 aliphatic heterocycles. The van der Waals surface area contributed by atoms with Gasteiger partial charge in [-0.25, -0.2) is 4.98 Å². The van der Waals surface area contributed by atoms with Crippen molar-refractivity contribution in [3.8, 4) is 0 Å². The van der Waals surface area contributed by atoms with Crippen molar-refractivity contribution in [3.63, 3.8) is 0 Å². The van der Waals surface area contributed by atoms with Gasteiger partial charge in [-0.2, -0.15) is 0 Å². The molecule has 2 aliphatic rings. The normalized spacial score (nSPS) is 19.1. The predicted molar refractivity (Wildman–Crippen MR) is 119 cm³/mol. The number of aromatic nitrogens is 1. The summed E-state index contributed by atoms with van der Waals surface area (Å²) < 4.78 is 0. The molecule has 0 aliphatic carbocycles. The Morgan fingerprint density at radius 1 is 0.897 bits per heavy atom. The van der Waals surface area contributed by atoms with Gasteiger partial charge in [-0.05, 0) is 62.6 Å². The van der Waals surface area contributed by atoms with Gasteiger partial charge in [0.05, 0.1) is 6.04 Å². The largest absolute Gasteiger partial charge is 0.372 e. The molecule has 0 radical (unpaired) electrons. The molecule has 0 saturated carbocycles. The second-order valence-corrected chi connectivity index (χ2v) is 7.97. The van der Waals surface area contributed by atoms with E-state index >= 15 is 0 Å². The highest BCUT2D eigenvalue weighted by Gasteiger charge is 2.26. The molecule has 1 N–H and O–H groups in total. The number of amides is 1. The highest BCUT2D eigenvalue weighted by Crippen LogP contribution is 2.22. The lowest BCUT2D eigenvalue weighted by Crippen LogP contribution is -2.53. The fourth-order valence-electron chi connectivity index (χ4n) is 4.20. The molecule has 1 atom stereocenters. The molecule has 0 spiro atoms. The molecule has 0 unspecified atom stereocenters. The van der Waals surface area contributed by atoms with Gasteiger partial charge in [0.25, 0.3) is 0 Å². The number of piperidine rings is 1. The molecule has 6 nitrogen and oxygen atoms in total. The molecule has 2 aromatic rings. The molecule has 4 rings (SSSR count). The van der Waals surface area contributed by atoms with E-state index in [2.05, 4.69) is 37.1 Å². The Balaban J connectivity index is 1.28. The summed E-state index contributed by atoms with van der Waals surface area (Å²) in [6.45, 7) is 7.75. The number of carbonyl (C=O) groups is 1. The molecule has 29 heavy (non-hydrogen) atoms. The Labute approximate surface area is 173 Å². The van der Waals surface area contributed by atoms with Crippen LogP contribution in [0.1, 0.15) is 26.2 Å². The molecule has 1 amide bonds. The van der Waals surface area contributed by atoms with Gasteiger partial charge in [-0.15, -0.1) is 0 Å². The van der Waals surface area contributed by atoms with Crippen LogP contribution in [0.5, 0.6) is 0 Å². The van der Waals surface area contributed by atoms with Crippen LogP contribution in [0.3, 0.4) is 0 Å². The van der Waals surface area contributed by atoms with Crippen LogP contribution in [-0.4, -0.2) is 61.1 Å². The monoisotopic (exact) mass is 393 g/mol. The average Bonchev–Trinajstić information content (AvgIpc) is 2.80. The van der Waals surface area contributed by atoms with Gasteiger partial charge in [0, 0.05) is 56.8 Å². The van der Waals surface area contributed by atoms with Crippen LogP contribution in [0.2, 0.25) is 0 Å². The average molecular weight is 394 g/mol. The van der Waals surface area contributed by atoms with Crippen molar-refractivity contribution in [1.29, 1.82) is 0 Å².